The molecule has 0 N–H and O–H groups in total. The molecule has 3 aromatic rings. The molecule has 0 amide bonds. The van der Waals surface area contributed by atoms with Gasteiger partial charge in [-0.2, -0.15) is 9.38 Å². The van der Waals surface area contributed by atoms with Gasteiger partial charge in [-0.3, -0.25) is 0 Å². The van der Waals surface area contributed by atoms with Crippen LogP contribution in [0.15, 0.2) is 35.8 Å². The Labute approximate surface area is 137 Å². The predicted molar refractivity (Wildman–Crippen MR) is 90.2 cm³/mol. The summed E-state index contributed by atoms with van der Waals surface area (Å²) >= 11 is 1.42. The molecule has 0 saturated carbocycles. The fourth-order valence-electron chi connectivity index (χ4n) is 3.43. The molecule has 4 rings (SSSR count). The van der Waals surface area contributed by atoms with Crippen molar-refractivity contribution in [3.05, 3.63) is 57.1 Å². The topological polar surface area (TPSA) is 63.7 Å². The molecular weight excluding hydrogens is 312 g/mol. The minimum absolute atomic E-state index is 0.0711. The van der Waals surface area contributed by atoms with Gasteiger partial charge in [-0.05, 0) is 35.8 Å². The maximum absolute atomic E-state index is 11.6. The number of fused-ring (bicyclic) bond motifs is 1. The van der Waals surface area contributed by atoms with E-state index in [1.165, 1.54) is 22.5 Å². The first-order chi connectivity index (χ1) is 11.2. The van der Waals surface area contributed by atoms with Crippen molar-refractivity contribution in [2.45, 2.75) is 25.8 Å². The number of rotatable bonds is 3. The minimum atomic E-state index is -0.324. The Hall–Kier alpha value is -2.41. The monoisotopic (exact) mass is 328 g/mol. The van der Waals surface area contributed by atoms with Crippen LogP contribution in [-0.4, -0.2) is 20.9 Å². The van der Waals surface area contributed by atoms with E-state index in [1.54, 1.807) is 10.6 Å². The zero-order valence-corrected chi connectivity index (χ0v) is 13.5. The van der Waals surface area contributed by atoms with Gasteiger partial charge in [0.1, 0.15) is 6.20 Å². The van der Waals surface area contributed by atoms with Gasteiger partial charge in [0.25, 0.3) is 4.96 Å². The highest BCUT2D eigenvalue weighted by atomic mass is 32.1. The summed E-state index contributed by atoms with van der Waals surface area (Å²) in [5, 5.41) is 13.4. The number of benzene rings is 1. The number of hydrogen-bond donors (Lipinski definition) is 0. The maximum atomic E-state index is 11.6. The average molecular weight is 328 g/mol. The van der Waals surface area contributed by atoms with Gasteiger partial charge in [-0.25, -0.2) is 0 Å². The Kier molecular flexibility index (Phi) is 3.30. The van der Waals surface area contributed by atoms with Gasteiger partial charge in [0.15, 0.2) is 0 Å². The third-order valence-corrected chi connectivity index (χ3v) is 5.22. The first-order valence-electron chi connectivity index (χ1n) is 7.59. The fraction of sp³-hybridized carbons (Fsp3) is 0.312. The molecular formula is C16H16N4O2S. The zero-order chi connectivity index (χ0) is 16.0. The molecule has 3 heterocycles. The van der Waals surface area contributed by atoms with Crippen molar-refractivity contribution in [3.8, 4) is 0 Å². The quantitative estimate of drug-likeness (QED) is 0.539. The molecule has 0 aliphatic carbocycles. The number of aromatic nitrogens is 2. The molecule has 1 aliphatic rings. The van der Waals surface area contributed by atoms with Crippen molar-refractivity contribution in [3.63, 3.8) is 0 Å². The summed E-state index contributed by atoms with van der Waals surface area (Å²) in [5.41, 5.74) is 2.45. The van der Waals surface area contributed by atoms with E-state index in [9.17, 15) is 10.1 Å². The molecule has 6 nitrogen and oxygen atoms in total. The average Bonchev–Trinajstić information content (AvgIpc) is 3.21. The number of aryl methyl sites for hydroxylation is 1. The maximum Gasteiger partial charge on any atom is 0.373 e. The lowest BCUT2D eigenvalue weighted by atomic mass is 9.99. The minimum Gasteiger partial charge on any atom is -0.358 e. The Morgan fingerprint density at radius 1 is 1.39 bits per heavy atom. The summed E-state index contributed by atoms with van der Waals surface area (Å²) < 4.78 is 1.58. The standard InChI is InChI=1S/C16H16N4O2S/c1-11-5-2-3-6-12(11)13-7-4-8-18(13)14-15(20(21)22)19-9-10-23-16(19)17-14/h2-3,5-6,9-10,13H,4,7-8H2,1H3/t13-/m0/s1. The van der Waals surface area contributed by atoms with Crippen molar-refractivity contribution < 1.29 is 4.92 Å². The predicted octanol–water partition coefficient (Wildman–Crippen LogP) is 3.95. The van der Waals surface area contributed by atoms with Crippen LogP contribution in [0.1, 0.15) is 30.0 Å². The van der Waals surface area contributed by atoms with Gasteiger partial charge >= 0.3 is 5.82 Å². The molecule has 0 radical (unpaired) electrons. The number of anilines is 1. The van der Waals surface area contributed by atoms with Crippen LogP contribution < -0.4 is 4.90 Å². The van der Waals surface area contributed by atoms with E-state index in [0.717, 1.165) is 19.4 Å². The highest BCUT2D eigenvalue weighted by molar-refractivity contribution is 7.15. The van der Waals surface area contributed by atoms with Crippen molar-refractivity contribution in [1.29, 1.82) is 0 Å². The van der Waals surface area contributed by atoms with Gasteiger partial charge in [0.2, 0.25) is 5.82 Å². The highest BCUT2D eigenvalue weighted by Gasteiger charge is 2.35. The Bertz CT molecular complexity index is 885. The number of hydrogen-bond acceptors (Lipinski definition) is 5. The van der Waals surface area contributed by atoms with Crippen molar-refractivity contribution in [2.24, 2.45) is 0 Å². The second kappa shape index (κ2) is 5.34. The van der Waals surface area contributed by atoms with E-state index in [-0.39, 0.29) is 16.8 Å². The van der Waals surface area contributed by atoms with Gasteiger partial charge in [-0.1, -0.05) is 35.6 Å². The molecule has 1 atom stereocenters. The van der Waals surface area contributed by atoms with E-state index in [2.05, 4.69) is 28.9 Å². The molecule has 1 aliphatic heterocycles. The van der Waals surface area contributed by atoms with Gasteiger partial charge in [0, 0.05) is 11.9 Å². The Morgan fingerprint density at radius 3 is 3.00 bits per heavy atom. The summed E-state index contributed by atoms with van der Waals surface area (Å²) in [4.78, 5) is 18.6. The number of imidazole rings is 1. The second-order valence-corrected chi connectivity index (χ2v) is 6.65. The summed E-state index contributed by atoms with van der Waals surface area (Å²) in [6, 6.07) is 8.40. The molecule has 0 spiro atoms. The van der Waals surface area contributed by atoms with Crippen molar-refractivity contribution in [2.75, 3.05) is 11.4 Å². The Balaban J connectivity index is 1.83. The molecule has 7 heteroatoms. The van der Waals surface area contributed by atoms with Gasteiger partial charge in [-0.15, -0.1) is 0 Å². The van der Waals surface area contributed by atoms with Gasteiger partial charge < -0.3 is 15.0 Å². The smallest absolute Gasteiger partial charge is 0.358 e. The number of nitro groups is 1. The van der Waals surface area contributed by atoms with Crippen LogP contribution in [0.2, 0.25) is 0 Å². The Morgan fingerprint density at radius 2 is 2.22 bits per heavy atom. The first-order valence-corrected chi connectivity index (χ1v) is 8.47. The fourth-order valence-corrected chi connectivity index (χ4v) is 4.13. The lowest BCUT2D eigenvalue weighted by Crippen LogP contribution is -2.24. The molecule has 1 saturated heterocycles. The SMILES string of the molecule is Cc1ccccc1[C@@H]1CCCN1c1nc2sccn2c1[N+](=O)[O-]. The molecule has 23 heavy (non-hydrogen) atoms. The molecule has 118 valence electrons. The summed E-state index contributed by atoms with van der Waals surface area (Å²) in [6.45, 7) is 2.89. The van der Waals surface area contributed by atoms with E-state index >= 15 is 0 Å². The largest absolute Gasteiger partial charge is 0.373 e. The van der Waals surface area contributed by atoms with E-state index in [4.69, 9.17) is 0 Å². The van der Waals surface area contributed by atoms with Crippen molar-refractivity contribution >= 4 is 27.9 Å². The number of nitrogens with zero attached hydrogens (tertiary/aromatic N) is 4. The zero-order valence-electron chi connectivity index (χ0n) is 12.7. The number of thiazole rings is 1. The molecule has 0 bridgehead atoms. The first kappa shape index (κ1) is 14.2. The van der Waals surface area contributed by atoms with Crippen molar-refractivity contribution in [1.82, 2.24) is 9.38 Å². The second-order valence-electron chi connectivity index (χ2n) is 5.78. The van der Waals surface area contributed by atoms with Crippen LogP contribution in [-0.2, 0) is 0 Å². The van der Waals surface area contributed by atoms with E-state index < -0.39 is 0 Å². The summed E-state index contributed by atoms with van der Waals surface area (Å²) in [7, 11) is 0. The van der Waals surface area contributed by atoms with Crippen LogP contribution in [0.4, 0.5) is 11.6 Å². The lowest BCUT2D eigenvalue weighted by Gasteiger charge is -2.25. The van der Waals surface area contributed by atoms with Crippen LogP contribution in [0.3, 0.4) is 0 Å². The molecule has 1 fully saturated rings. The van der Waals surface area contributed by atoms with Crippen LogP contribution in [0.5, 0.6) is 0 Å². The van der Waals surface area contributed by atoms with Gasteiger partial charge in [0.05, 0.1) is 6.04 Å². The van der Waals surface area contributed by atoms with E-state index in [1.807, 2.05) is 17.5 Å². The third kappa shape index (κ3) is 2.19. The van der Waals surface area contributed by atoms with E-state index in [0.29, 0.717) is 10.8 Å². The van der Waals surface area contributed by atoms with Crippen LogP contribution in [0.25, 0.3) is 4.96 Å². The molecule has 0 unspecified atom stereocenters. The normalized spacial score (nSPS) is 18.0. The highest BCUT2D eigenvalue weighted by Crippen LogP contribution is 2.41. The van der Waals surface area contributed by atoms with Crippen LogP contribution in [0, 0.1) is 17.0 Å². The summed E-state index contributed by atoms with van der Waals surface area (Å²) in [5.74, 6) is 0.564. The lowest BCUT2D eigenvalue weighted by molar-refractivity contribution is -0.389. The molecule has 2 aromatic heterocycles. The molecule has 1 aromatic carbocycles. The van der Waals surface area contributed by atoms with Crippen LogP contribution >= 0.6 is 11.3 Å². The summed E-state index contributed by atoms with van der Waals surface area (Å²) in [6.07, 6.45) is 3.72. The third-order valence-electron chi connectivity index (χ3n) is 4.46.